The first kappa shape index (κ1) is 30.9. The van der Waals surface area contributed by atoms with E-state index < -0.39 is 84.9 Å². The van der Waals surface area contributed by atoms with E-state index in [1.54, 1.807) is 24.3 Å². The molecule has 0 amide bonds. The number of rotatable bonds is 7. The third-order valence-electron chi connectivity index (χ3n) is 7.40. The molecular weight excluding hydrogens is 576 g/mol. The van der Waals surface area contributed by atoms with Crippen LogP contribution in [0.4, 0.5) is 0 Å². The molecular formula is C28H32O15. The molecule has 2 aromatic carbocycles. The van der Waals surface area contributed by atoms with Crippen molar-refractivity contribution in [2.75, 3.05) is 13.7 Å². The average Bonchev–Trinajstić information content (AvgIpc) is 2.99. The van der Waals surface area contributed by atoms with Crippen LogP contribution in [0.2, 0.25) is 0 Å². The van der Waals surface area contributed by atoms with E-state index in [9.17, 15) is 45.6 Å². The van der Waals surface area contributed by atoms with Crippen molar-refractivity contribution in [1.82, 2.24) is 0 Å². The third kappa shape index (κ3) is 5.74. The molecule has 2 aliphatic heterocycles. The van der Waals surface area contributed by atoms with Crippen molar-refractivity contribution in [2.24, 2.45) is 0 Å². The van der Waals surface area contributed by atoms with Crippen LogP contribution in [0, 0.1) is 0 Å². The Morgan fingerprint density at radius 3 is 2.05 bits per heavy atom. The Balaban J connectivity index is 1.58. The first-order valence-electron chi connectivity index (χ1n) is 13.3. The Morgan fingerprint density at radius 1 is 0.791 bits per heavy atom. The van der Waals surface area contributed by atoms with Crippen LogP contribution in [0.15, 0.2) is 45.6 Å². The number of aliphatic hydroxyl groups is 7. The SMILES string of the molecule is COc1ccc(-c2oc3cc(OC4O[C@H](CO)[C@@H](O)[C@H](O)[C@H]4O)cc(O)c3c(=O)c2O[C@@H]2O[C@@H](C)[C@H](O)[C@@H](O)[C@H]2O)cc1. The summed E-state index contributed by atoms with van der Waals surface area (Å²) in [7, 11) is 1.46. The summed E-state index contributed by atoms with van der Waals surface area (Å²) < 4.78 is 33.4. The molecule has 1 unspecified atom stereocenters. The van der Waals surface area contributed by atoms with Gasteiger partial charge in [-0.3, -0.25) is 4.79 Å². The van der Waals surface area contributed by atoms with E-state index in [2.05, 4.69) is 0 Å². The second-order valence-corrected chi connectivity index (χ2v) is 10.2. The van der Waals surface area contributed by atoms with E-state index >= 15 is 0 Å². The Morgan fingerprint density at radius 2 is 1.42 bits per heavy atom. The van der Waals surface area contributed by atoms with E-state index in [1.807, 2.05) is 0 Å². The van der Waals surface area contributed by atoms with Gasteiger partial charge in [0.2, 0.25) is 23.8 Å². The van der Waals surface area contributed by atoms with Gasteiger partial charge in [0, 0.05) is 17.7 Å². The molecule has 8 N–H and O–H groups in total. The Bertz CT molecular complexity index is 1490. The molecule has 15 heteroatoms. The summed E-state index contributed by atoms with van der Waals surface area (Å²) in [6.45, 7) is 0.747. The van der Waals surface area contributed by atoms with Gasteiger partial charge in [0.15, 0.2) is 5.76 Å². The van der Waals surface area contributed by atoms with Crippen LogP contribution in [0.3, 0.4) is 0 Å². The summed E-state index contributed by atoms with van der Waals surface area (Å²) in [5.74, 6) is -1.00. The molecule has 1 aromatic heterocycles. The van der Waals surface area contributed by atoms with E-state index in [0.717, 1.165) is 6.07 Å². The maximum Gasteiger partial charge on any atom is 0.239 e. The maximum absolute atomic E-state index is 13.8. The molecule has 2 fully saturated rings. The lowest BCUT2D eigenvalue weighted by Crippen LogP contribution is -2.60. The van der Waals surface area contributed by atoms with Gasteiger partial charge in [-0.1, -0.05) is 0 Å². The fraction of sp³-hybridized carbons (Fsp3) is 0.464. The monoisotopic (exact) mass is 608 g/mol. The summed E-state index contributed by atoms with van der Waals surface area (Å²) in [6, 6.07) is 8.45. The Labute approximate surface area is 243 Å². The zero-order valence-corrected chi connectivity index (χ0v) is 22.9. The van der Waals surface area contributed by atoms with Crippen molar-refractivity contribution in [3.05, 3.63) is 46.6 Å². The summed E-state index contributed by atoms with van der Waals surface area (Å²) >= 11 is 0. The van der Waals surface area contributed by atoms with Gasteiger partial charge in [0.25, 0.3) is 0 Å². The summed E-state index contributed by atoms with van der Waals surface area (Å²) in [5, 5.41) is 81.2. The van der Waals surface area contributed by atoms with Gasteiger partial charge in [0.1, 0.15) is 70.9 Å². The molecule has 3 aromatic rings. The summed E-state index contributed by atoms with van der Waals surface area (Å²) in [4.78, 5) is 13.8. The van der Waals surface area contributed by atoms with Gasteiger partial charge in [0.05, 0.1) is 19.8 Å². The molecule has 2 saturated heterocycles. The van der Waals surface area contributed by atoms with Crippen LogP contribution in [0.1, 0.15) is 6.92 Å². The molecule has 43 heavy (non-hydrogen) atoms. The number of ether oxygens (including phenoxy) is 5. The van der Waals surface area contributed by atoms with Crippen molar-refractivity contribution in [3.63, 3.8) is 0 Å². The van der Waals surface area contributed by atoms with Crippen molar-refractivity contribution < 1.29 is 69.0 Å². The molecule has 0 saturated carbocycles. The second kappa shape index (κ2) is 12.2. The summed E-state index contributed by atoms with van der Waals surface area (Å²) in [6.07, 6.45) is -15.3. The van der Waals surface area contributed by atoms with Gasteiger partial charge in [-0.25, -0.2) is 0 Å². The van der Waals surface area contributed by atoms with Gasteiger partial charge < -0.3 is 69.0 Å². The molecule has 10 atom stereocenters. The van der Waals surface area contributed by atoms with Crippen LogP contribution < -0.4 is 19.6 Å². The first-order valence-corrected chi connectivity index (χ1v) is 13.3. The first-order chi connectivity index (χ1) is 20.4. The van der Waals surface area contributed by atoms with E-state index in [4.69, 9.17) is 28.1 Å². The molecule has 0 aliphatic carbocycles. The molecule has 15 nitrogen and oxygen atoms in total. The van der Waals surface area contributed by atoms with E-state index in [1.165, 1.54) is 20.1 Å². The smallest absolute Gasteiger partial charge is 0.239 e. The standard InChI is InChI=1S/C28H32O15/c1-10-18(31)21(34)23(36)27(39-10)43-26-20(33)17-14(30)7-13(40-28-24(37)22(35)19(32)16(9-29)42-28)8-15(17)41-25(26)11-3-5-12(38-2)6-4-11/h3-8,10,16,18-19,21-24,27-32,34-37H,9H2,1-2H3/t10-,16+,18-,19+,21+,22-,23+,24+,27-,28?/m0/s1. The highest BCUT2D eigenvalue weighted by Crippen LogP contribution is 2.38. The quantitative estimate of drug-likeness (QED) is 0.153. The van der Waals surface area contributed by atoms with Crippen molar-refractivity contribution in [2.45, 2.75) is 68.3 Å². The molecule has 234 valence electrons. The molecule has 3 heterocycles. The van der Waals surface area contributed by atoms with Crippen molar-refractivity contribution in [1.29, 1.82) is 0 Å². The number of phenols is 1. The number of aliphatic hydroxyl groups excluding tert-OH is 7. The Kier molecular flexibility index (Phi) is 8.80. The highest BCUT2D eigenvalue weighted by molar-refractivity contribution is 5.88. The van der Waals surface area contributed by atoms with Gasteiger partial charge in [-0.2, -0.15) is 0 Å². The van der Waals surface area contributed by atoms with Crippen molar-refractivity contribution in [3.8, 4) is 34.3 Å². The number of aromatic hydroxyl groups is 1. The van der Waals surface area contributed by atoms with Crippen LogP contribution >= 0.6 is 0 Å². The van der Waals surface area contributed by atoms with Crippen LogP contribution in [-0.2, 0) is 9.47 Å². The minimum absolute atomic E-state index is 0.173. The largest absolute Gasteiger partial charge is 0.507 e. The number of methoxy groups -OCH3 is 1. The summed E-state index contributed by atoms with van der Waals surface area (Å²) in [5.41, 5.74) is -0.807. The number of hydrogen-bond acceptors (Lipinski definition) is 15. The molecule has 0 spiro atoms. The molecule has 2 aliphatic rings. The second-order valence-electron chi connectivity index (χ2n) is 10.2. The van der Waals surface area contributed by atoms with Gasteiger partial charge in [-0.15, -0.1) is 0 Å². The van der Waals surface area contributed by atoms with Crippen LogP contribution in [0.25, 0.3) is 22.3 Å². The lowest BCUT2D eigenvalue weighted by Gasteiger charge is -2.39. The zero-order chi connectivity index (χ0) is 31.2. The minimum atomic E-state index is -1.76. The van der Waals surface area contributed by atoms with Crippen LogP contribution in [-0.4, -0.2) is 116 Å². The highest BCUT2D eigenvalue weighted by atomic mass is 16.7. The predicted molar refractivity (Wildman–Crippen MR) is 144 cm³/mol. The predicted octanol–water partition coefficient (Wildman–Crippen LogP) is -1.44. The average molecular weight is 609 g/mol. The normalized spacial score (nSPS) is 32.9. The minimum Gasteiger partial charge on any atom is -0.507 e. The van der Waals surface area contributed by atoms with E-state index in [0.29, 0.717) is 11.3 Å². The maximum atomic E-state index is 13.8. The van der Waals surface area contributed by atoms with Crippen molar-refractivity contribution >= 4 is 11.0 Å². The van der Waals surface area contributed by atoms with Crippen LogP contribution in [0.5, 0.6) is 23.0 Å². The lowest BCUT2D eigenvalue weighted by atomic mass is 9.99. The molecule has 0 bridgehead atoms. The zero-order valence-electron chi connectivity index (χ0n) is 22.9. The fourth-order valence-electron chi connectivity index (χ4n) is 4.89. The molecule has 0 radical (unpaired) electrons. The number of fused-ring (bicyclic) bond motifs is 1. The van der Waals surface area contributed by atoms with E-state index in [-0.39, 0.29) is 22.5 Å². The molecule has 5 rings (SSSR count). The number of hydrogen-bond donors (Lipinski definition) is 8. The number of benzene rings is 2. The third-order valence-corrected chi connectivity index (χ3v) is 7.40. The topological polar surface area (TPSA) is 238 Å². The Hall–Kier alpha value is -3.51. The lowest BCUT2D eigenvalue weighted by molar-refractivity contribution is -0.277. The number of phenolic OH excluding ortho intramolecular Hbond substituents is 1. The van der Waals surface area contributed by atoms with Gasteiger partial charge >= 0.3 is 0 Å². The fourth-order valence-corrected chi connectivity index (χ4v) is 4.89. The van der Waals surface area contributed by atoms with Gasteiger partial charge in [-0.05, 0) is 31.2 Å². The highest BCUT2D eigenvalue weighted by Gasteiger charge is 2.45.